The smallest absolute Gasteiger partial charge is 0.269 e. The third-order valence-electron chi connectivity index (χ3n) is 2.17. The minimum absolute atomic E-state index is 0.125. The van der Waals surface area contributed by atoms with Crippen LogP contribution in [0.15, 0.2) is 24.4 Å². The van der Waals surface area contributed by atoms with Crippen LogP contribution in [-0.2, 0) is 0 Å². The molecule has 0 aromatic carbocycles. The van der Waals surface area contributed by atoms with E-state index in [0.717, 1.165) is 6.42 Å². The van der Waals surface area contributed by atoms with Crippen molar-refractivity contribution in [1.29, 1.82) is 0 Å². The topological polar surface area (TPSA) is 68.0 Å². The van der Waals surface area contributed by atoms with Crippen molar-refractivity contribution in [3.8, 4) is 0 Å². The molecule has 0 fully saturated rings. The molecule has 4 nitrogen and oxygen atoms in total. The molecule has 0 aliphatic carbocycles. The number of nitrogens with two attached hydrogens (primary N) is 1. The van der Waals surface area contributed by atoms with Crippen LogP contribution in [0.4, 0.5) is 0 Å². The normalized spacial score (nSPS) is 12.1. The highest BCUT2D eigenvalue weighted by Gasteiger charge is 2.07. The summed E-state index contributed by atoms with van der Waals surface area (Å²) >= 11 is 0. The fraction of sp³-hybridized carbons (Fsp3) is 0.455. The van der Waals surface area contributed by atoms with E-state index in [2.05, 4.69) is 17.2 Å². The monoisotopic (exact) mass is 207 g/mol. The van der Waals surface area contributed by atoms with Gasteiger partial charge >= 0.3 is 0 Å². The molecule has 0 saturated carbocycles. The molecule has 15 heavy (non-hydrogen) atoms. The molecule has 0 radical (unpaired) electrons. The van der Waals surface area contributed by atoms with E-state index in [1.165, 1.54) is 0 Å². The number of amides is 1. The summed E-state index contributed by atoms with van der Waals surface area (Å²) in [5.41, 5.74) is 5.88. The fourth-order valence-electron chi connectivity index (χ4n) is 1.24. The van der Waals surface area contributed by atoms with Crippen molar-refractivity contribution in [2.24, 2.45) is 11.7 Å². The summed E-state index contributed by atoms with van der Waals surface area (Å²) in [5, 5.41) is 2.83. The summed E-state index contributed by atoms with van der Waals surface area (Å²) in [6, 6.07) is 5.28. The molecule has 3 N–H and O–H groups in total. The second kappa shape index (κ2) is 6.14. The second-order valence-electron chi connectivity index (χ2n) is 3.61. The number of hydrogen-bond acceptors (Lipinski definition) is 3. The molecule has 0 bridgehead atoms. The number of aromatic nitrogens is 1. The van der Waals surface area contributed by atoms with Crippen LogP contribution in [-0.4, -0.2) is 24.0 Å². The maximum absolute atomic E-state index is 11.5. The zero-order valence-electron chi connectivity index (χ0n) is 8.94. The summed E-state index contributed by atoms with van der Waals surface area (Å²) in [6.45, 7) is 3.36. The first-order valence-electron chi connectivity index (χ1n) is 5.13. The number of pyridine rings is 1. The summed E-state index contributed by atoms with van der Waals surface area (Å²) in [7, 11) is 0. The van der Waals surface area contributed by atoms with Crippen molar-refractivity contribution in [2.75, 3.05) is 13.1 Å². The van der Waals surface area contributed by atoms with Crippen molar-refractivity contribution in [3.63, 3.8) is 0 Å². The lowest BCUT2D eigenvalue weighted by Gasteiger charge is -2.10. The number of nitrogens with zero attached hydrogens (tertiary/aromatic N) is 1. The Morgan fingerprint density at radius 3 is 3.00 bits per heavy atom. The SMILES string of the molecule is CC(CCN)CNC(=O)c1ccccn1. The van der Waals surface area contributed by atoms with Gasteiger partial charge in [0.25, 0.3) is 5.91 Å². The quantitative estimate of drug-likeness (QED) is 0.750. The predicted molar refractivity (Wildman–Crippen MR) is 59.4 cm³/mol. The summed E-state index contributed by atoms with van der Waals surface area (Å²) in [5.74, 6) is 0.280. The Balaban J connectivity index is 2.37. The Kier molecular flexibility index (Phi) is 4.77. The van der Waals surface area contributed by atoms with E-state index >= 15 is 0 Å². The molecule has 1 aromatic heterocycles. The van der Waals surface area contributed by atoms with Gasteiger partial charge in [0.1, 0.15) is 5.69 Å². The number of nitrogens with one attached hydrogen (secondary N) is 1. The van der Waals surface area contributed by atoms with Gasteiger partial charge in [-0.15, -0.1) is 0 Å². The molecular formula is C11H17N3O. The molecular weight excluding hydrogens is 190 g/mol. The van der Waals surface area contributed by atoms with Gasteiger partial charge in [-0.2, -0.15) is 0 Å². The van der Waals surface area contributed by atoms with Gasteiger partial charge < -0.3 is 11.1 Å². The molecule has 1 amide bonds. The van der Waals surface area contributed by atoms with Gasteiger partial charge in [-0.25, -0.2) is 0 Å². The van der Waals surface area contributed by atoms with Gasteiger partial charge in [0.15, 0.2) is 0 Å². The van der Waals surface area contributed by atoms with E-state index in [1.807, 2.05) is 0 Å². The number of carbonyl (C=O) groups is 1. The van der Waals surface area contributed by atoms with Crippen LogP contribution in [0.5, 0.6) is 0 Å². The van der Waals surface area contributed by atoms with Gasteiger partial charge in [0.2, 0.25) is 0 Å². The summed E-state index contributed by atoms with van der Waals surface area (Å²) in [4.78, 5) is 15.5. The molecule has 1 heterocycles. The Morgan fingerprint density at radius 2 is 2.40 bits per heavy atom. The van der Waals surface area contributed by atoms with Gasteiger partial charge in [0, 0.05) is 12.7 Å². The highest BCUT2D eigenvalue weighted by Crippen LogP contribution is 1.98. The zero-order chi connectivity index (χ0) is 11.1. The van der Waals surface area contributed by atoms with Crippen molar-refractivity contribution in [3.05, 3.63) is 30.1 Å². The van der Waals surface area contributed by atoms with Crippen LogP contribution in [0.3, 0.4) is 0 Å². The highest BCUT2D eigenvalue weighted by molar-refractivity contribution is 5.92. The van der Waals surface area contributed by atoms with Gasteiger partial charge in [-0.3, -0.25) is 9.78 Å². The molecule has 82 valence electrons. The summed E-state index contributed by atoms with van der Waals surface area (Å²) in [6.07, 6.45) is 2.53. The largest absolute Gasteiger partial charge is 0.350 e. The summed E-state index contributed by atoms with van der Waals surface area (Å²) < 4.78 is 0. The lowest BCUT2D eigenvalue weighted by Crippen LogP contribution is -2.29. The Labute approximate surface area is 89.9 Å². The van der Waals surface area contributed by atoms with Crippen molar-refractivity contribution in [1.82, 2.24) is 10.3 Å². The molecule has 0 aliphatic rings. The molecule has 4 heteroatoms. The first-order chi connectivity index (χ1) is 7.24. The number of hydrogen-bond donors (Lipinski definition) is 2. The molecule has 1 rings (SSSR count). The van der Waals surface area contributed by atoms with Crippen LogP contribution in [0.25, 0.3) is 0 Å². The zero-order valence-corrected chi connectivity index (χ0v) is 8.94. The van der Waals surface area contributed by atoms with Crippen LogP contribution >= 0.6 is 0 Å². The van der Waals surface area contributed by atoms with Crippen LogP contribution < -0.4 is 11.1 Å². The number of rotatable bonds is 5. The van der Waals surface area contributed by atoms with E-state index < -0.39 is 0 Å². The third-order valence-corrected chi connectivity index (χ3v) is 2.17. The number of carbonyl (C=O) groups excluding carboxylic acids is 1. The second-order valence-corrected chi connectivity index (χ2v) is 3.61. The van der Waals surface area contributed by atoms with E-state index in [-0.39, 0.29) is 5.91 Å². The Morgan fingerprint density at radius 1 is 1.60 bits per heavy atom. The van der Waals surface area contributed by atoms with Crippen molar-refractivity contribution >= 4 is 5.91 Å². The van der Waals surface area contributed by atoms with Crippen LogP contribution in [0, 0.1) is 5.92 Å². The fourth-order valence-corrected chi connectivity index (χ4v) is 1.24. The van der Waals surface area contributed by atoms with E-state index in [0.29, 0.717) is 24.7 Å². The van der Waals surface area contributed by atoms with E-state index in [4.69, 9.17) is 5.73 Å². The third kappa shape index (κ3) is 4.08. The Bertz CT molecular complexity index is 300. The predicted octanol–water partition coefficient (Wildman–Crippen LogP) is 0.796. The molecule has 1 aromatic rings. The van der Waals surface area contributed by atoms with Gasteiger partial charge in [-0.05, 0) is 31.0 Å². The first kappa shape index (κ1) is 11.7. The maximum atomic E-state index is 11.5. The lowest BCUT2D eigenvalue weighted by atomic mass is 10.1. The van der Waals surface area contributed by atoms with Crippen LogP contribution in [0.2, 0.25) is 0 Å². The van der Waals surface area contributed by atoms with Crippen molar-refractivity contribution in [2.45, 2.75) is 13.3 Å². The highest BCUT2D eigenvalue weighted by atomic mass is 16.1. The molecule has 1 unspecified atom stereocenters. The average Bonchev–Trinajstić information content (AvgIpc) is 2.27. The molecule has 0 aliphatic heterocycles. The molecule has 1 atom stereocenters. The van der Waals surface area contributed by atoms with Gasteiger partial charge in [-0.1, -0.05) is 13.0 Å². The van der Waals surface area contributed by atoms with E-state index in [9.17, 15) is 4.79 Å². The standard InChI is InChI=1S/C11H17N3O/c1-9(5-6-12)8-14-11(15)10-4-2-3-7-13-10/h2-4,7,9H,5-6,8,12H2,1H3,(H,14,15). The van der Waals surface area contributed by atoms with Crippen LogP contribution in [0.1, 0.15) is 23.8 Å². The van der Waals surface area contributed by atoms with Crippen molar-refractivity contribution < 1.29 is 4.79 Å². The minimum Gasteiger partial charge on any atom is -0.350 e. The lowest BCUT2D eigenvalue weighted by molar-refractivity contribution is 0.0942. The Hall–Kier alpha value is -1.42. The molecule has 0 spiro atoms. The maximum Gasteiger partial charge on any atom is 0.269 e. The minimum atomic E-state index is -0.125. The molecule has 0 saturated heterocycles. The van der Waals surface area contributed by atoms with Gasteiger partial charge in [0.05, 0.1) is 0 Å². The average molecular weight is 207 g/mol. The first-order valence-corrected chi connectivity index (χ1v) is 5.13. The van der Waals surface area contributed by atoms with E-state index in [1.54, 1.807) is 24.4 Å².